The highest BCUT2D eigenvalue weighted by Crippen LogP contribution is 2.29. The van der Waals surface area contributed by atoms with Crippen molar-refractivity contribution >= 4 is 17.7 Å². The van der Waals surface area contributed by atoms with Gasteiger partial charge in [0.2, 0.25) is 5.91 Å². The van der Waals surface area contributed by atoms with E-state index < -0.39 is 0 Å². The predicted molar refractivity (Wildman–Crippen MR) is 123 cm³/mol. The number of rotatable bonds is 7. The molecule has 0 unspecified atom stereocenters. The number of carbonyl (C=O) groups excluding carboxylic acids is 1. The summed E-state index contributed by atoms with van der Waals surface area (Å²) in [6, 6.07) is 0. The fourth-order valence-electron chi connectivity index (χ4n) is 4.85. The molecule has 4 rings (SSSR count). The molecule has 0 radical (unpaired) electrons. The van der Waals surface area contributed by atoms with Gasteiger partial charge >= 0.3 is 5.69 Å². The third kappa shape index (κ3) is 5.90. The van der Waals surface area contributed by atoms with Crippen molar-refractivity contribution < 1.29 is 9.53 Å². The molecule has 1 aliphatic carbocycles. The second-order valence-electron chi connectivity index (χ2n) is 9.14. The summed E-state index contributed by atoms with van der Waals surface area (Å²) in [6.45, 7) is 9.24. The highest BCUT2D eigenvalue weighted by atomic mass is 32.2. The minimum Gasteiger partial charge on any atom is -0.379 e. The lowest BCUT2D eigenvalue weighted by molar-refractivity contribution is -0.129. The standard InChI is InChI=1S/C23H36N4O3S/c1-18-7-11-26(12-8-18)21(28)17-31-22-19-5-2-3-6-20(19)27(23(29)24-22)10-4-9-25-13-15-30-16-14-25/h18H,2-17H2,1H3. The van der Waals surface area contributed by atoms with Crippen molar-refractivity contribution in [1.82, 2.24) is 19.4 Å². The summed E-state index contributed by atoms with van der Waals surface area (Å²) in [7, 11) is 0. The van der Waals surface area contributed by atoms with Gasteiger partial charge in [-0.3, -0.25) is 14.3 Å². The van der Waals surface area contributed by atoms with Gasteiger partial charge in [0.15, 0.2) is 0 Å². The van der Waals surface area contributed by atoms with E-state index in [1.54, 1.807) is 0 Å². The molecule has 1 amide bonds. The van der Waals surface area contributed by atoms with Crippen molar-refractivity contribution in [2.75, 3.05) is 51.7 Å². The summed E-state index contributed by atoms with van der Waals surface area (Å²) in [6.07, 6.45) is 7.28. The van der Waals surface area contributed by atoms with E-state index in [1.165, 1.54) is 17.3 Å². The molecule has 0 saturated carbocycles. The van der Waals surface area contributed by atoms with Crippen LogP contribution in [0.4, 0.5) is 0 Å². The topological polar surface area (TPSA) is 67.7 Å². The van der Waals surface area contributed by atoms with Crippen LogP contribution in [0.2, 0.25) is 0 Å². The number of piperidine rings is 1. The molecular formula is C23H36N4O3S. The average Bonchev–Trinajstić information content (AvgIpc) is 2.80. The van der Waals surface area contributed by atoms with Gasteiger partial charge in [0.25, 0.3) is 0 Å². The molecule has 2 fully saturated rings. The van der Waals surface area contributed by atoms with Gasteiger partial charge in [-0.1, -0.05) is 18.7 Å². The van der Waals surface area contributed by atoms with Crippen LogP contribution in [0.25, 0.3) is 0 Å². The zero-order chi connectivity index (χ0) is 21.6. The predicted octanol–water partition coefficient (Wildman–Crippen LogP) is 2.19. The Kier molecular flexibility index (Phi) is 8.07. The number of hydrogen-bond donors (Lipinski definition) is 0. The van der Waals surface area contributed by atoms with Crippen molar-refractivity contribution in [3.05, 3.63) is 21.7 Å². The number of hydrogen-bond acceptors (Lipinski definition) is 6. The molecular weight excluding hydrogens is 412 g/mol. The zero-order valence-electron chi connectivity index (χ0n) is 18.8. The molecule has 2 saturated heterocycles. The number of likely N-dealkylation sites (tertiary alicyclic amines) is 1. The lowest BCUT2D eigenvalue weighted by atomic mass is 9.97. The third-order valence-electron chi connectivity index (χ3n) is 6.88. The first-order valence-electron chi connectivity index (χ1n) is 11.9. The minimum atomic E-state index is -0.149. The van der Waals surface area contributed by atoms with Crippen molar-refractivity contribution in [2.45, 2.75) is 63.4 Å². The second-order valence-corrected chi connectivity index (χ2v) is 10.1. The van der Waals surface area contributed by atoms with E-state index >= 15 is 0 Å². The van der Waals surface area contributed by atoms with Crippen LogP contribution in [-0.4, -0.2) is 76.9 Å². The first-order valence-corrected chi connectivity index (χ1v) is 12.9. The lowest BCUT2D eigenvalue weighted by Crippen LogP contribution is -2.39. The maximum absolute atomic E-state index is 12.9. The van der Waals surface area contributed by atoms with Crippen LogP contribution in [0.5, 0.6) is 0 Å². The molecule has 3 aliphatic rings. The molecule has 0 bridgehead atoms. The van der Waals surface area contributed by atoms with E-state index in [0.717, 1.165) is 108 Å². The van der Waals surface area contributed by atoms with Crippen molar-refractivity contribution in [2.24, 2.45) is 5.92 Å². The van der Waals surface area contributed by atoms with Gasteiger partial charge in [-0.2, -0.15) is 4.98 Å². The van der Waals surface area contributed by atoms with Crippen LogP contribution in [0.3, 0.4) is 0 Å². The van der Waals surface area contributed by atoms with Crippen LogP contribution in [-0.2, 0) is 28.9 Å². The Bertz CT molecular complexity index is 814. The van der Waals surface area contributed by atoms with Gasteiger partial charge < -0.3 is 9.64 Å². The first-order chi connectivity index (χ1) is 15.1. The molecule has 1 aromatic rings. The van der Waals surface area contributed by atoms with Crippen LogP contribution in [0.1, 0.15) is 50.3 Å². The molecule has 0 atom stereocenters. The smallest absolute Gasteiger partial charge is 0.348 e. The fraction of sp³-hybridized carbons (Fsp3) is 0.783. The Balaban J connectivity index is 1.40. The number of morpholine rings is 1. The quantitative estimate of drug-likeness (QED) is 0.471. The summed E-state index contributed by atoms with van der Waals surface area (Å²) in [5.41, 5.74) is 2.22. The van der Waals surface area contributed by atoms with Gasteiger partial charge in [0, 0.05) is 50.5 Å². The minimum absolute atomic E-state index is 0.149. The van der Waals surface area contributed by atoms with Crippen LogP contribution in [0.15, 0.2) is 9.82 Å². The number of carbonyl (C=O) groups is 1. The third-order valence-corrected chi connectivity index (χ3v) is 7.88. The maximum atomic E-state index is 12.9. The molecule has 7 nitrogen and oxygen atoms in total. The number of aromatic nitrogens is 2. The Labute approximate surface area is 189 Å². The summed E-state index contributed by atoms with van der Waals surface area (Å²) in [5.74, 6) is 1.27. The maximum Gasteiger partial charge on any atom is 0.348 e. The molecule has 0 N–H and O–H groups in total. The van der Waals surface area contributed by atoms with Gasteiger partial charge in [-0.15, -0.1) is 0 Å². The zero-order valence-corrected chi connectivity index (χ0v) is 19.6. The highest BCUT2D eigenvalue weighted by molar-refractivity contribution is 7.99. The van der Waals surface area contributed by atoms with E-state index in [-0.39, 0.29) is 11.6 Å². The molecule has 2 aliphatic heterocycles. The number of amides is 1. The Hall–Kier alpha value is -1.38. The Morgan fingerprint density at radius 1 is 1.10 bits per heavy atom. The van der Waals surface area contributed by atoms with Crippen LogP contribution in [0, 0.1) is 5.92 Å². The fourth-order valence-corrected chi connectivity index (χ4v) is 5.83. The van der Waals surface area contributed by atoms with E-state index in [4.69, 9.17) is 4.74 Å². The molecule has 1 aromatic heterocycles. The van der Waals surface area contributed by atoms with Gasteiger partial charge in [-0.05, 0) is 50.9 Å². The van der Waals surface area contributed by atoms with Crippen LogP contribution >= 0.6 is 11.8 Å². The van der Waals surface area contributed by atoms with Crippen molar-refractivity contribution in [3.63, 3.8) is 0 Å². The van der Waals surface area contributed by atoms with Crippen LogP contribution < -0.4 is 5.69 Å². The van der Waals surface area contributed by atoms with E-state index in [0.29, 0.717) is 11.7 Å². The van der Waals surface area contributed by atoms with Crippen molar-refractivity contribution in [1.29, 1.82) is 0 Å². The van der Waals surface area contributed by atoms with E-state index in [2.05, 4.69) is 16.8 Å². The number of thioether (sulfide) groups is 1. The number of ether oxygens (including phenoxy) is 1. The largest absolute Gasteiger partial charge is 0.379 e. The summed E-state index contributed by atoms with van der Waals surface area (Å²) in [4.78, 5) is 34.4. The molecule has 0 spiro atoms. The Morgan fingerprint density at radius 2 is 1.84 bits per heavy atom. The second kappa shape index (κ2) is 11.0. The highest BCUT2D eigenvalue weighted by Gasteiger charge is 2.24. The van der Waals surface area contributed by atoms with E-state index in [1.807, 2.05) is 9.47 Å². The van der Waals surface area contributed by atoms with Crippen molar-refractivity contribution in [3.8, 4) is 0 Å². The average molecular weight is 449 g/mol. The molecule has 8 heteroatoms. The summed E-state index contributed by atoms with van der Waals surface area (Å²) in [5, 5.41) is 0.794. The number of nitrogens with zero attached hydrogens (tertiary/aromatic N) is 4. The monoisotopic (exact) mass is 448 g/mol. The summed E-state index contributed by atoms with van der Waals surface area (Å²) < 4.78 is 7.33. The molecule has 31 heavy (non-hydrogen) atoms. The first kappa shape index (κ1) is 22.8. The van der Waals surface area contributed by atoms with Gasteiger partial charge in [0.05, 0.1) is 19.0 Å². The SMILES string of the molecule is CC1CCN(C(=O)CSc2nc(=O)n(CCCN3CCOCC3)c3c2CCCC3)CC1. The Morgan fingerprint density at radius 3 is 2.61 bits per heavy atom. The molecule has 0 aromatic carbocycles. The summed E-state index contributed by atoms with van der Waals surface area (Å²) >= 11 is 1.47. The molecule has 172 valence electrons. The molecule has 3 heterocycles. The van der Waals surface area contributed by atoms with Gasteiger partial charge in [-0.25, -0.2) is 4.79 Å². The number of fused-ring (bicyclic) bond motifs is 1. The lowest BCUT2D eigenvalue weighted by Gasteiger charge is -2.30. The normalized spacial score (nSPS) is 20.6. The van der Waals surface area contributed by atoms with Gasteiger partial charge in [0.1, 0.15) is 5.03 Å². The van der Waals surface area contributed by atoms with E-state index in [9.17, 15) is 9.59 Å².